The van der Waals surface area contributed by atoms with E-state index in [0.29, 0.717) is 42.7 Å². The van der Waals surface area contributed by atoms with E-state index in [2.05, 4.69) is 52.9 Å². The lowest BCUT2D eigenvalue weighted by Gasteiger charge is -2.29. The third-order valence-corrected chi connectivity index (χ3v) is 6.56. The molecule has 0 radical (unpaired) electrons. The Bertz CT molecular complexity index is 975. The number of anilines is 4. The first-order valence-corrected chi connectivity index (χ1v) is 11.8. The maximum Gasteiger partial charge on any atom is 0.416 e. The van der Waals surface area contributed by atoms with Gasteiger partial charge in [0.25, 0.3) is 0 Å². The Morgan fingerprint density at radius 1 is 1.09 bits per heavy atom. The maximum atomic E-state index is 13.6. The highest BCUT2D eigenvalue weighted by molar-refractivity contribution is 5.83. The second-order valence-electron chi connectivity index (χ2n) is 9.36. The summed E-state index contributed by atoms with van der Waals surface area (Å²) in [4.78, 5) is 2.40. The van der Waals surface area contributed by atoms with E-state index in [-0.39, 0.29) is 0 Å². The Morgan fingerprint density at radius 3 is 2.61 bits per heavy atom. The predicted octanol–water partition coefficient (Wildman–Crippen LogP) is 4.94. The molecule has 2 atom stereocenters. The predicted molar refractivity (Wildman–Crippen MR) is 130 cm³/mol. The van der Waals surface area contributed by atoms with Crippen molar-refractivity contribution in [2.45, 2.75) is 45.3 Å². The fourth-order valence-electron chi connectivity index (χ4n) is 4.98. The van der Waals surface area contributed by atoms with Gasteiger partial charge in [-0.25, -0.2) is 0 Å². The number of benzene rings is 2. The van der Waals surface area contributed by atoms with Gasteiger partial charge in [-0.3, -0.25) is 0 Å². The van der Waals surface area contributed by atoms with Gasteiger partial charge in [0, 0.05) is 50.0 Å². The van der Waals surface area contributed by atoms with Crippen molar-refractivity contribution in [3.63, 3.8) is 0 Å². The zero-order valence-electron chi connectivity index (χ0n) is 19.4. The molecule has 33 heavy (non-hydrogen) atoms. The molecule has 5 nitrogen and oxygen atoms in total. The Balaban J connectivity index is 1.57. The van der Waals surface area contributed by atoms with E-state index in [9.17, 15) is 13.2 Å². The van der Waals surface area contributed by atoms with E-state index in [0.717, 1.165) is 55.1 Å². The molecular weight excluding hydrogens is 427 g/mol. The third kappa shape index (κ3) is 5.38. The van der Waals surface area contributed by atoms with Crippen molar-refractivity contribution in [1.82, 2.24) is 5.32 Å². The van der Waals surface area contributed by atoms with Crippen molar-refractivity contribution < 1.29 is 13.2 Å². The molecule has 8 heteroatoms. The molecule has 1 saturated heterocycles. The number of nitrogens with zero attached hydrogens (tertiary/aromatic N) is 1. The van der Waals surface area contributed by atoms with Crippen molar-refractivity contribution in [3.05, 3.63) is 47.0 Å². The molecule has 180 valence electrons. The van der Waals surface area contributed by atoms with Gasteiger partial charge in [0.05, 0.1) is 16.9 Å². The average Bonchev–Trinajstić information content (AvgIpc) is 3.11. The molecule has 2 aromatic rings. The van der Waals surface area contributed by atoms with E-state index in [1.165, 1.54) is 12.1 Å². The van der Waals surface area contributed by atoms with E-state index in [1.54, 1.807) is 0 Å². The number of halogens is 3. The smallest absolute Gasteiger partial charge is 0.383 e. The Morgan fingerprint density at radius 2 is 1.91 bits per heavy atom. The first-order chi connectivity index (χ1) is 15.8. The number of nitrogens with two attached hydrogens (primary N) is 1. The van der Waals surface area contributed by atoms with Crippen LogP contribution in [0, 0.1) is 5.92 Å². The normalized spacial score (nSPS) is 19.8. The summed E-state index contributed by atoms with van der Waals surface area (Å²) in [5.74, 6) is 0.642. The van der Waals surface area contributed by atoms with Crippen LogP contribution in [0.5, 0.6) is 0 Å². The molecule has 1 fully saturated rings. The van der Waals surface area contributed by atoms with E-state index < -0.39 is 11.7 Å². The first kappa shape index (κ1) is 23.7. The van der Waals surface area contributed by atoms with Crippen LogP contribution in [-0.4, -0.2) is 38.8 Å². The SMILES string of the molecule is CC1CC(C)N(c2ccc3c(c2)Cc2cc(C(F)(F)F)cc(NCCCNCCN)c2N3)C1. The Kier molecular flexibility index (Phi) is 7.05. The van der Waals surface area contributed by atoms with Gasteiger partial charge in [0.2, 0.25) is 0 Å². The van der Waals surface area contributed by atoms with Gasteiger partial charge in [-0.1, -0.05) is 6.92 Å². The summed E-state index contributed by atoms with van der Waals surface area (Å²) in [6.45, 7) is 8.13. The molecule has 0 saturated carbocycles. The number of hydrogen-bond donors (Lipinski definition) is 4. The van der Waals surface area contributed by atoms with Crippen molar-refractivity contribution >= 4 is 22.7 Å². The highest BCUT2D eigenvalue weighted by atomic mass is 19.4. The summed E-state index contributed by atoms with van der Waals surface area (Å²) in [6.07, 6.45) is -1.97. The number of nitrogens with one attached hydrogen (secondary N) is 3. The summed E-state index contributed by atoms with van der Waals surface area (Å²) in [7, 11) is 0. The molecule has 2 unspecified atom stereocenters. The van der Waals surface area contributed by atoms with Gasteiger partial charge < -0.3 is 26.6 Å². The Labute approximate surface area is 193 Å². The Hall–Kier alpha value is -2.45. The fourth-order valence-corrected chi connectivity index (χ4v) is 4.98. The van der Waals surface area contributed by atoms with Crippen molar-refractivity contribution in [2.24, 2.45) is 11.7 Å². The van der Waals surface area contributed by atoms with Crippen LogP contribution in [0.1, 0.15) is 43.4 Å². The van der Waals surface area contributed by atoms with Crippen molar-refractivity contribution in [1.29, 1.82) is 0 Å². The van der Waals surface area contributed by atoms with Crippen LogP contribution in [0.4, 0.5) is 35.9 Å². The molecule has 5 N–H and O–H groups in total. The molecule has 0 amide bonds. The zero-order chi connectivity index (χ0) is 23.6. The summed E-state index contributed by atoms with van der Waals surface area (Å²) >= 11 is 0. The summed E-state index contributed by atoms with van der Waals surface area (Å²) in [5.41, 5.74) is 9.88. The lowest BCUT2D eigenvalue weighted by atomic mass is 9.93. The molecule has 2 aromatic carbocycles. The molecule has 0 bridgehead atoms. The number of hydrogen-bond acceptors (Lipinski definition) is 5. The van der Waals surface area contributed by atoms with Crippen LogP contribution in [0.2, 0.25) is 0 Å². The van der Waals surface area contributed by atoms with Crippen LogP contribution in [0.25, 0.3) is 0 Å². The summed E-state index contributed by atoms with van der Waals surface area (Å²) in [6, 6.07) is 9.27. The second-order valence-corrected chi connectivity index (χ2v) is 9.36. The molecule has 2 aliphatic rings. The van der Waals surface area contributed by atoms with Crippen molar-refractivity contribution in [3.8, 4) is 0 Å². The average molecular weight is 462 g/mol. The zero-order valence-corrected chi connectivity index (χ0v) is 19.4. The quantitative estimate of drug-likeness (QED) is 0.358. The van der Waals surface area contributed by atoms with Gasteiger partial charge in [0.1, 0.15) is 0 Å². The highest BCUT2D eigenvalue weighted by Crippen LogP contribution is 2.43. The van der Waals surface area contributed by atoms with Crippen LogP contribution in [0.3, 0.4) is 0 Å². The second kappa shape index (κ2) is 9.81. The fraction of sp³-hybridized carbons (Fsp3) is 0.520. The van der Waals surface area contributed by atoms with Gasteiger partial charge in [-0.15, -0.1) is 0 Å². The molecule has 0 aromatic heterocycles. The monoisotopic (exact) mass is 461 g/mol. The van der Waals surface area contributed by atoms with E-state index in [4.69, 9.17) is 5.73 Å². The molecule has 0 aliphatic carbocycles. The van der Waals surface area contributed by atoms with Gasteiger partial charge in [-0.2, -0.15) is 13.2 Å². The first-order valence-electron chi connectivity index (χ1n) is 11.8. The highest BCUT2D eigenvalue weighted by Gasteiger charge is 2.33. The number of fused-ring (bicyclic) bond motifs is 2. The topological polar surface area (TPSA) is 65.3 Å². The van der Waals surface area contributed by atoms with Crippen LogP contribution >= 0.6 is 0 Å². The van der Waals surface area contributed by atoms with Crippen LogP contribution in [0.15, 0.2) is 30.3 Å². The summed E-state index contributed by atoms with van der Waals surface area (Å²) < 4.78 is 40.9. The minimum absolute atomic E-state index is 0.467. The van der Waals surface area contributed by atoms with E-state index >= 15 is 0 Å². The van der Waals surface area contributed by atoms with Crippen LogP contribution < -0.4 is 26.6 Å². The molecule has 2 aliphatic heterocycles. The van der Waals surface area contributed by atoms with Gasteiger partial charge in [-0.05, 0) is 73.7 Å². The largest absolute Gasteiger partial charge is 0.416 e. The standard InChI is InChI=1S/C25H34F3N5/c1-16-10-17(2)33(15-16)21-4-5-22-18(13-21)11-19-12-20(25(26,27)28)14-23(24(19)32-22)31-8-3-7-30-9-6-29/h4-5,12-14,16-17,30-32H,3,6-11,15,29H2,1-2H3. The summed E-state index contributed by atoms with van der Waals surface area (Å²) in [5, 5.41) is 9.83. The van der Waals surface area contributed by atoms with Gasteiger partial charge >= 0.3 is 6.18 Å². The maximum absolute atomic E-state index is 13.6. The number of alkyl halides is 3. The molecule has 2 heterocycles. The molecule has 0 spiro atoms. The van der Waals surface area contributed by atoms with Crippen LogP contribution in [-0.2, 0) is 12.6 Å². The number of rotatable bonds is 8. The van der Waals surface area contributed by atoms with E-state index in [1.807, 2.05) is 0 Å². The van der Waals surface area contributed by atoms with Crippen molar-refractivity contribution in [2.75, 3.05) is 48.3 Å². The molecule has 4 rings (SSSR count). The molecular formula is C25H34F3N5. The minimum Gasteiger partial charge on any atom is -0.383 e. The lowest BCUT2D eigenvalue weighted by Crippen LogP contribution is -2.27. The third-order valence-electron chi connectivity index (χ3n) is 6.56. The van der Waals surface area contributed by atoms with Gasteiger partial charge in [0.15, 0.2) is 0 Å². The minimum atomic E-state index is -4.39. The lowest BCUT2D eigenvalue weighted by molar-refractivity contribution is -0.137.